The Kier molecular flexibility index (Phi) is 11.8. The van der Waals surface area contributed by atoms with Gasteiger partial charge >= 0.3 is 19.5 Å². The van der Waals surface area contributed by atoms with Crippen molar-refractivity contribution in [3.05, 3.63) is 109 Å². The molecule has 6 N–H and O–H groups in total. The number of unbranched alkanes of at least 4 members (excludes halogenated alkanes) is 3. The monoisotopic (exact) mass is 779 g/mol. The first-order chi connectivity index (χ1) is 26.2. The standard InChI is InChI=1S/C37H38N3O14P/c1-20-18-40(37(48)39-34(20)44)32-17-28(43)31(54-32)19-52-55(49,50)51-13-5-3-2-4-12-38-35(45)21-6-9-24(36(46)47)27(14-21)33-25-10-7-22(41)15-29(25)53-30-16-23(42)8-11-26(30)33/h6-11,14-16,18,28,31-32,41,43H,2-5,12-13,17,19H2,1H3,(H,38,45)(H,46,47)(H,49,50)(H,39,44,48). The number of carbonyl (C=O) groups excluding carboxylic acids is 1. The first-order valence-corrected chi connectivity index (χ1v) is 18.8. The number of H-pyrrole nitrogens is 1. The van der Waals surface area contributed by atoms with Crippen LogP contribution in [0.25, 0.3) is 33.4 Å². The predicted octanol–water partition coefficient (Wildman–Crippen LogP) is 3.90. The van der Waals surface area contributed by atoms with E-state index in [2.05, 4.69) is 10.3 Å². The first-order valence-electron chi connectivity index (χ1n) is 17.3. The highest BCUT2D eigenvalue weighted by atomic mass is 31.2. The number of rotatable bonds is 15. The van der Waals surface area contributed by atoms with Crippen molar-refractivity contribution in [1.29, 1.82) is 0 Å². The lowest BCUT2D eigenvalue weighted by Crippen LogP contribution is -2.33. The van der Waals surface area contributed by atoms with E-state index in [9.17, 15) is 48.8 Å². The third-order valence-electron chi connectivity index (χ3n) is 9.13. The van der Waals surface area contributed by atoms with Gasteiger partial charge in [0, 0.05) is 58.9 Å². The number of amides is 1. The number of phenolic OH excluding ortho intramolecular Hbond substituents is 1. The number of carboxylic acid groups (broad SMARTS) is 1. The van der Waals surface area contributed by atoms with E-state index in [0.717, 1.165) is 4.57 Å². The van der Waals surface area contributed by atoms with Crippen LogP contribution in [-0.2, 0) is 18.3 Å². The maximum Gasteiger partial charge on any atom is 0.472 e. The number of phosphoric ester groups is 1. The van der Waals surface area contributed by atoms with Crippen LogP contribution in [0, 0.1) is 6.92 Å². The van der Waals surface area contributed by atoms with Crippen molar-refractivity contribution < 1.29 is 52.6 Å². The second-order valence-corrected chi connectivity index (χ2v) is 14.5. The molecule has 0 spiro atoms. The van der Waals surface area contributed by atoms with Crippen LogP contribution in [0.5, 0.6) is 5.75 Å². The number of aliphatic hydroxyl groups is 1. The molecule has 18 heteroatoms. The Morgan fingerprint density at radius 2 is 1.78 bits per heavy atom. The van der Waals surface area contributed by atoms with Gasteiger partial charge in [0.05, 0.1) is 24.9 Å². The Balaban J connectivity index is 0.981. The molecular weight excluding hydrogens is 741 g/mol. The van der Waals surface area contributed by atoms with Crippen LogP contribution < -0.4 is 22.0 Å². The molecule has 1 aromatic heterocycles. The maximum absolute atomic E-state index is 13.2. The number of hydrogen-bond donors (Lipinski definition) is 6. The minimum absolute atomic E-state index is 0.00825. The number of fused-ring (bicyclic) bond motifs is 2. The minimum Gasteiger partial charge on any atom is -0.508 e. The number of ether oxygens (including phenoxy) is 1. The third kappa shape index (κ3) is 9.11. The molecule has 1 aliphatic carbocycles. The predicted molar refractivity (Wildman–Crippen MR) is 196 cm³/mol. The van der Waals surface area contributed by atoms with Crippen LogP contribution in [0.4, 0.5) is 0 Å². The van der Waals surface area contributed by atoms with Crippen LogP contribution >= 0.6 is 7.82 Å². The van der Waals surface area contributed by atoms with Crippen molar-refractivity contribution in [2.24, 2.45) is 0 Å². The lowest BCUT2D eigenvalue weighted by Gasteiger charge is -2.18. The molecule has 1 amide bonds. The summed E-state index contributed by atoms with van der Waals surface area (Å²) in [5, 5.41) is 33.7. The van der Waals surface area contributed by atoms with E-state index in [1.165, 1.54) is 61.7 Å². The number of nitrogens with one attached hydrogen (secondary N) is 2. The average molecular weight is 780 g/mol. The topological polar surface area (TPSA) is 257 Å². The number of aromatic nitrogens is 2. The van der Waals surface area contributed by atoms with E-state index >= 15 is 0 Å². The number of carboxylic acids is 1. The Bertz CT molecular complexity index is 2440. The minimum atomic E-state index is -4.50. The van der Waals surface area contributed by atoms with Gasteiger partial charge in [-0.3, -0.25) is 33.0 Å². The van der Waals surface area contributed by atoms with Gasteiger partial charge in [-0.05, 0) is 67.8 Å². The zero-order valence-corrected chi connectivity index (χ0v) is 30.3. The summed E-state index contributed by atoms with van der Waals surface area (Å²) in [5.74, 6) is -1.59. The van der Waals surface area contributed by atoms with Crippen molar-refractivity contribution in [3.8, 4) is 28.2 Å². The van der Waals surface area contributed by atoms with Gasteiger partial charge in [-0.25, -0.2) is 14.2 Å². The van der Waals surface area contributed by atoms with Crippen LogP contribution in [0.1, 0.15) is 64.6 Å². The van der Waals surface area contributed by atoms with Gasteiger partial charge < -0.3 is 34.7 Å². The van der Waals surface area contributed by atoms with Crippen LogP contribution in [0.3, 0.4) is 0 Å². The van der Waals surface area contributed by atoms with E-state index in [4.69, 9.17) is 18.2 Å². The highest BCUT2D eigenvalue weighted by Gasteiger charge is 2.37. The summed E-state index contributed by atoms with van der Waals surface area (Å²) < 4.78 is 35.1. The van der Waals surface area contributed by atoms with Gasteiger partial charge in [0.15, 0.2) is 5.43 Å². The number of aliphatic hydroxyl groups excluding tert-OH is 1. The summed E-state index contributed by atoms with van der Waals surface area (Å²) in [4.78, 5) is 73.7. The summed E-state index contributed by atoms with van der Waals surface area (Å²) in [6.45, 7) is 1.21. The second kappa shape index (κ2) is 16.5. The van der Waals surface area contributed by atoms with E-state index < -0.39 is 56.0 Å². The number of hydrogen-bond acceptors (Lipinski definition) is 12. The quantitative estimate of drug-likeness (QED) is 0.0501. The van der Waals surface area contributed by atoms with E-state index in [0.29, 0.717) is 42.2 Å². The largest absolute Gasteiger partial charge is 0.508 e. The number of aryl methyl sites for hydroxylation is 1. The molecule has 4 atom stereocenters. The van der Waals surface area contributed by atoms with Crippen LogP contribution in [-0.4, -0.2) is 73.6 Å². The Morgan fingerprint density at radius 3 is 2.56 bits per heavy atom. The molecule has 3 aliphatic rings. The SMILES string of the molecule is Cc1cn(C2CC(O)C(COP(=O)(O)OCCCCCCNC(=O)c3ccc(C(=O)O)c(-c4c5ccc(=O)cc-5oc5cc(O)ccc45)c3)O2)c(=O)[nH]c1=O. The van der Waals surface area contributed by atoms with Crippen molar-refractivity contribution >= 4 is 30.7 Å². The number of phosphoric acid groups is 1. The highest BCUT2D eigenvalue weighted by molar-refractivity contribution is 7.47. The Labute approximate surface area is 311 Å². The van der Waals surface area contributed by atoms with Gasteiger partial charge in [0.2, 0.25) is 0 Å². The summed E-state index contributed by atoms with van der Waals surface area (Å²) in [6, 6.07) is 12.7. The van der Waals surface area contributed by atoms with Gasteiger partial charge in [-0.15, -0.1) is 0 Å². The fourth-order valence-corrected chi connectivity index (χ4v) is 7.10. The smallest absolute Gasteiger partial charge is 0.472 e. The summed E-state index contributed by atoms with van der Waals surface area (Å²) in [5.41, 5.74) is 0.0763. The molecule has 1 saturated heterocycles. The Hall–Kier alpha value is -5.42. The lowest BCUT2D eigenvalue weighted by atomic mass is 9.89. The van der Waals surface area contributed by atoms with Gasteiger partial charge in [0.25, 0.3) is 11.5 Å². The van der Waals surface area contributed by atoms with Gasteiger partial charge in [0.1, 0.15) is 29.4 Å². The lowest BCUT2D eigenvalue weighted by molar-refractivity contribution is -0.0465. The molecule has 3 heterocycles. The molecule has 17 nitrogen and oxygen atoms in total. The van der Waals surface area contributed by atoms with E-state index in [1.807, 2.05) is 0 Å². The fraction of sp³-hybridized carbons (Fsp3) is 0.324. The summed E-state index contributed by atoms with van der Waals surface area (Å²) in [7, 11) is -4.50. The number of phenols is 1. The molecule has 0 radical (unpaired) electrons. The molecule has 4 unspecified atom stereocenters. The van der Waals surface area contributed by atoms with Crippen molar-refractivity contribution in [2.75, 3.05) is 19.8 Å². The molecule has 2 aliphatic heterocycles. The maximum atomic E-state index is 13.2. The highest BCUT2D eigenvalue weighted by Crippen LogP contribution is 2.45. The van der Waals surface area contributed by atoms with Crippen molar-refractivity contribution in [1.82, 2.24) is 14.9 Å². The number of aromatic amines is 1. The molecule has 0 saturated carbocycles. The van der Waals surface area contributed by atoms with Crippen molar-refractivity contribution in [3.63, 3.8) is 0 Å². The molecule has 55 heavy (non-hydrogen) atoms. The molecule has 1 fully saturated rings. The number of carbonyl (C=O) groups is 2. The molecule has 6 rings (SSSR count). The molecular formula is C37H38N3O14P. The van der Waals surface area contributed by atoms with Crippen molar-refractivity contribution in [2.45, 2.75) is 57.5 Å². The van der Waals surface area contributed by atoms with Gasteiger partial charge in [-0.1, -0.05) is 12.8 Å². The molecule has 3 aromatic rings. The molecule has 2 aromatic carbocycles. The first kappa shape index (κ1) is 39.3. The normalized spacial score (nSPS) is 18.1. The van der Waals surface area contributed by atoms with Crippen LogP contribution in [0.2, 0.25) is 0 Å². The second-order valence-electron chi connectivity index (χ2n) is 13.1. The summed E-state index contributed by atoms with van der Waals surface area (Å²) in [6.07, 6.45) is 0.438. The van der Waals surface area contributed by atoms with E-state index in [1.54, 1.807) is 6.07 Å². The molecule has 290 valence electrons. The number of aromatic carboxylic acids is 1. The number of aromatic hydroxyl groups is 1. The fourth-order valence-electron chi connectivity index (χ4n) is 6.33. The van der Waals surface area contributed by atoms with Gasteiger partial charge in [-0.2, -0.15) is 0 Å². The summed E-state index contributed by atoms with van der Waals surface area (Å²) >= 11 is 0. The van der Waals surface area contributed by atoms with E-state index in [-0.39, 0.29) is 64.3 Å². The number of benzene rings is 3. The Morgan fingerprint density at radius 1 is 1.00 bits per heavy atom. The number of nitrogens with zero attached hydrogens (tertiary/aromatic N) is 1. The zero-order chi connectivity index (χ0) is 39.4. The molecule has 0 bridgehead atoms. The zero-order valence-electron chi connectivity index (χ0n) is 29.4. The van der Waals surface area contributed by atoms with Crippen LogP contribution in [0.15, 0.2) is 79.6 Å². The average Bonchev–Trinajstić information content (AvgIpc) is 3.51. The third-order valence-corrected chi connectivity index (χ3v) is 10.1.